The van der Waals surface area contributed by atoms with Gasteiger partial charge in [-0.1, -0.05) is 0 Å². The highest BCUT2D eigenvalue weighted by Gasteiger charge is 2.14. The fourth-order valence-corrected chi connectivity index (χ4v) is 1.34. The van der Waals surface area contributed by atoms with Gasteiger partial charge >= 0.3 is 0 Å². The molecule has 0 amide bonds. The van der Waals surface area contributed by atoms with E-state index >= 15 is 0 Å². The maximum atomic E-state index is 5.59. The lowest BCUT2D eigenvalue weighted by molar-refractivity contribution is 0.355. The molecule has 2 aromatic rings. The molecular weight excluding hydrogens is 202 g/mol. The third kappa shape index (κ3) is 2.03. The van der Waals surface area contributed by atoms with Gasteiger partial charge in [-0.2, -0.15) is 5.10 Å². The van der Waals surface area contributed by atoms with Gasteiger partial charge in [-0.15, -0.1) is 0 Å². The number of hydrogen-bond donors (Lipinski definition) is 1. The Hall–Kier alpha value is -1.91. The predicted molar refractivity (Wildman–Crippen MR) is 62.7 cm³/mol. The summed E-state index contributed by atoms with van der Waals surface area (Å²) in [4.78, 5) is 8.21. The average molecular weight is 217 g/mol. The van der Waals surface area contributed by atoms with Crippen molar-refractivity contribution in [3.63, 3.8) is 0 Å². The fourth-order valence-electron chi connectivity index (χ4n) is 1.34. The van der Waals surface area contributed by atoms with E-state index in [0.717, 1.165) is 11.3 Å². The number of nitrogens with zero attached hydrogens (tertiary/aromatic N) is 4. The number of nitrogens with two attached hydrogens (primary N) is 1. The molecule has 0 atom stereocenters. The number of anilines is 1. The van der Waals surface area contributed by atoms with Crippen LogP contribution in [0.15, 0.2) is 24.8 Å². The van der Waals surface area contributed by atoms with Crippen molar-refractivity contribution in [2.75, 3.05) is 5.73 Å². The molecule has 0 radical (unpaired) electrons. The second-order valence-corrected chi connectivity index (χ2v) is 4.67. The van der Waals surface area contributed by atoms with Crippen LogP contribution in [0.1, 0.15) is 20.8 Å². The van der Waals surface area contributed by atoms with Crippen LogP contribution in [0.3, 0.4) is 0 Å². The first kappa shape index (κ1) is 10.6. The zero-order valence-corrected chi connectivity index (χ0v) is 9.68. The van der Waals surface area contributed by atoms with Crippen LogP contribution in [0.4, 0.5) is 5.82 Å². The zero-order chi connectivity index (χ0) is 11.8. The smallest absolute Gasteiger partial charge is 0.142 e. The van der Waals surface area contributed by atoms with Gasteiger partial charge in [0.05, 0.1) is 29.8 Å². The second-order valence-electron chi connectivity index (χ2n) is 4.67. The summed E-state index contributed by atoms with van der Waals surface area (Å²) in [6.07, 6.45) is 6.93. The van der Waals surface area contributed by atoms with Crippen LogP contribution in [0.25, 0.3) is 11.3 Å². The van der Waals surface area contributed by atoms with Gasteiger partial charge in [-0.3, -0.25) is 9.67 Å². The molecule has 5 heteroatoms. The summed E-state index contributed by atoms with van der Waals surface area (Å²) in [6.45, 7) is 6.28. The number of nitrogen functional groups attached to an aromatic ring is 1. The van der Waals surface area contributed by atoms with Gasteiger partial charge in [0.2, 0.25) is 0 Å². The van der Waals surface area contributed by atoms with Crippen molar-refractivity contribution in [2.45, 2.75) is 26.3 Å². The first-order valence-electron chi connectivity index (χ1n) is 5.10. The molecule has 16 heavy (non-hydrogen) atoms. The molecule has 0 aliphatic rings. The quantitative estimate of drug-likeness (QED) is 0.789. The average Bonchev–Trinajstić information content (AvgIpc) is 2.65. The lowest BCUT2D eigenvalue weighted by Gasteiger charge is -2.18. The normalized spacial score (nSPS) is 11.7. The van der Waals surface area contributed by atoms with E-state index in [0.29, 0.717) is 5.82 Å². The van der Waals surface area contributed by atoms with Crippen LogP contribution in [0.2, 0.25) is 0 Å². The van der Waals surface area contributed by atoms with Crippen molar-refractivity contribution in [2.24, 2.45) is 0 Å². The van der Waals surface area contributed by atoms with Gasteiger partial charge in [0.1, 0.15) is 5.82 Å². The van der Waals surface area contributed by atoms with Crippen molar-refractivity contribution >= 4 is 5.82 Å². The van der Waals surface area contributed by atoms with Gasteiger partial charge in [0.15, 0.2) is 0 Å². The lowest BCUT2D eigenvalue weighted by Crippen LogP contribution is -2.21. The monoisotopic (exact) mass is 217 g/mol. The van der Waals surface area contributed by atoms with Crippen molar-refractivity contribution in [3.8, 4) is 11.3 Å². The van der Waals surface area contributed by atoms with Crippen molar-refractivity contribution in [3.05, 3.63) is 24.8 Å². The Morgan fingerprint density at radius 1 is 1.19 bits per heavy atom. The first-order chi connectivity index (χ1) is 7.47. The van der Waals surface area contributed by atoms with Crippen LogP contribution >= 0.6 is 0 Å². The molecule has 2 rings (SSSR count). The highest BCUT2D eigenvalue weighted by molar-refractivity contribution is 5.57. The molecule has 84 valence electrons. The first-order valence-corrected chi connectivity index (χ1v) is 5.10. The van der Waals surface area contributed by atoms with Gasteiger partial charge < -0.3 is 5.73 Å². The number of hydrogen-bond acceptors (Lipinski definition) is 4. The van der Waals surface area contributed by atoms with Gasteiger partial charge in [0.25, 0.3) is 0 Å². The highest BCUT2D eigenvalue weighted by atomic mass is 15.3. The summed E-state index contributed by atoms with van der Waals surface area (Å²) >= 11 is 0. The van der Waals surface area contributed by atoms with E-state index in [2.05, 4.69) is 35.8 Å². The van der Waals surface area contributed by atoms with Crippen molar-refractivity contribution in [1.29, 1.82) is 0 Å². The summed E-state index contributed by atoms with van der Waals surface area (Å²) in [5, 5.41) is 4.30. The third-order valence-electron chi connectivity index (χ3n) is 2.22. The molecule has 0 spiro atoms. The summed E-state index contributed by atoms with van der Waals surface area (Å²) in [7, 11) is 0. The maximum Gasteiger partial charge on any atom is 0.142 e. The largest absolute Gasteiger partial charge is 0.382 e. The molecule has 2 N–H and O–H groups in total. The highest BCUT2D eigenvalue weighted by Crippen LogP contribution is 2.20. The van der Waals surface area contributed by atoms with Crippen LogP contribution < -0.4 is 5.73 Å². The summed E-state index contributed by atoms with van der Waals surface area (Å²) in [5.74, 6) is 0.418. The molecule has 0 aliphatic heterocycles. The summed E-state index contributed by atoms with van der Waals surface area (Å²) in [5.41, 5.74) is 7.22. The standard InChI is InChI=1S/C11H15N5/c1-11(2,3)16-7-8(4-14-16)9-5-13-6-10(12)15-9/h4-7H,1-3H3,(H2,12,15). The Balaban J connectivity index is 2.39. The maximum absolute atomic E-state index is 5.59. The Kier molecular flexibility index (Phi) is 2.38. The second kappa shape index (κ2) is 3.59. The molecule has 5 nitrogen and oxygen atoms in total. The van der Waals surface area contributed by atoms with Gasteiger partial charge in [-0.25, -0.2) is 4.98 Å². The minimum absolute atomic E-state index is 0.0357. The Labute approximate surface area is 94.3 Å². The summed E-state index contributed by atoms with van der Waals surface area (Å²) in [6, 6.07) is 0. The molecular formula is C11H15N5. The fraction of sp³-hybridized carbons (Fsp3) is 0.364. The van der Waals surface area contributed by atoms with E-state index in [1.54, 1.807) is 12.4 Å². The van der Waals surface area contributed by atoms with Gasteiger partial charge in [-0.05, 0) is 20.8 Å². The van der Waals surface area contributed by atoms with Crippen LogP contribution in [0.5, 0.6) is 0 Å². The Morgan fingerprint density at radius 2 is 1.94 bits per heavy atom. The molecule has 0 saturated carbocycles. The predicted octanol–water partition coefficient (Wildman–Crippen LogP) is 1.68. The molecule has 0 bridgehead atoms. The molecule has 2 aromatic heterocycles. The zero-order valence-electron chi connectivity index (χ0n) is 9.68. The van der Waals surface area contributed by atoms with Crippen LogP contribution in [-0.2, 0) is 5.54 Å². The van der Waals surface area contributed by atoms with Crippen molar-refractivity contribution in [1.82, 2.24) is 19.7 Å². The number of aromatic nitrogens is 4. The minimum atomic E-state index is -0.0357. The molecule has 0 aliphatic carbocycles. The van der Waals surface area contributed by atoms with Crippen LogP contribution in [0, 0.1) is 0 Å². The van der Waals surface area contributed by atoms with Gasteiger partial charge in [0, 0.05) is 11.8 Å². The summed E-state index contributed by atoms with van der Waals surface area (Å²) < 4.78 is 1.90. The molecule has 0 fully saturated rings. The molecule has 0 saturated heterocycles. The van der Waals surface area contributed by atoms with E-state index in [1.807, 2.05) is 10.9 Å². The van der Waals surface area contributed by atoms with Crippen LogP contribution in [-0.4, -0.2) is 19.7 Å². The van der Waals surface area contributed by atoms with E-state index < -0.39 is 0 Å². The van der Waals surface area contributed by atoms with E-state index in [-0.39, 0.29) is 5.54 Å². The van der Waals surface area contributed by atoms with E-state index in [1.165, 1.54) is 6.20 Å². The number of rotatable bonds is 1. The molecule has 2 heterocycles. The lowest BCUT2D eigenvalue weighted by atomic mass is 10.1. The van der Waals surface area contributed by atoms with E-state index in [9.17, 15) is 0 Å². The third-order valence-corrected chi connectivity index (χ3v) is 2.22. The Bertz CT molecular complexity index is 495. The topological polar surface area (TPSA) is 69.6 Å². The van der Waals surface area contributed by atoms with E-state index in [4.69, 9.17) is 5.73 Å². The minimum Gasteiger partial charge on any atom is -0.382 e. The van der Waals surface area contributed by atoms with Crippen molar-refractivity contribution < 1.29 is 0 Å². The molecule has 0 unspecified atom stereocenters. The molecule has 0 aromatic carbocycles. The SMILES string of the molecule is CC(C)(C)n1cc(-c2cncc(N)n2)cn1. The Morgan fingerprint density at radius 3 is 2.50 bits per heavy atom.